The molecular weight excluding hydrogens is 444 g/mol. The van der Waals surface area contributed by atoms with Crippen molar-refractivity contribution in [1.29, 1.82) is 0 Å². The Labute approximate surface area is 195 Å². The van der Waals surface area contributed by atoms with E-state index in [2.05, 4.69) is 10.6 Å². The zero-order valence-corrected chi connectivity index (χ0v) is 19.1. The van der Waals surface area contributed by atoms with E-state index in [9.17, 15) is 19.2 Å². The molecule has 2 fully saturated rings. The van der Waals surface area contributed by atoms with Crippen molar-refractivity contribution in [3.63, 3.8) is 0 Å². The predicted molar refractivity (Wildman–Crippen MR) is 122 cm³/mol. The molecule has 1 aromatic heterocycles. The maximum absolute atomic E-state index is 13.2. The summed E-state index contributed by atoms with van der Waals surface area (Å²) in [7, 11) is 1.55. The number of carbonyl (C=O) groups excluding carboxylic acids is 4. The second-order valence-electron chi connectivity index (χ2n) is 7.97. The van der Waals surface area contributed by atoms with Gasteiger partial charge >= 0.3 is 0 Å². The minimum atomic E-state index is -0.898. The Bertz CT molecular complexity index is 1020. The number of nitrogens with one attached hydrogen (secondary N) is 2. The maximum Gasteiger partial charge on any atom is 0.264 e. The predicted octanol–water partition coefficient (Wildman–Crippen LogP) is 1.12. The average molecular weight is 471 g/mol. The Hall–Kier alpha value is -3.40. The molecule has 0 aliphatic carbocycles. The third-order valence-corrected chi connectivity index (χ3v) is 6.76. The van der Waals surface area contributed by atoms with Crippen molar-refractivity contribution in [3.8, 4) is 5.75 Å². The quantitative estimate of drug-likeness (QED) is 0.681. The van der Waals surface area contributed by atoms with Gasteiger partial charge in [0.1, 0.15) is 17.8 Å². The van der Waals surface area contributed by atoms with Gasteiger partial charge in [0, 0.05) is 25.2 Å². The van der Waals surface area contributed by atoms with Gasteiger partial charge in [-0.3, -0.25) is 19.2 Å². The van der Waals surface area contributed by atoms with Gasteiger partial charge in [0.2, 0.25) is 11.8 Å². The van der Waals surface area contributed by atoms with E-state index in [-0.39, 0.29) is 30.8 Å². The summed E-state index contributed by atoms with van der Waals surface area (Å²) in [6.45, 7) is 1.15. The van der Waals surface area contributed by atoms with Gasteiger partial charge in [-0.2, -0.15) is 0 Å². The Kier molecular flexibility index (Phi) is 6.93. The fourth-order valence-corrected chi connectivity index (χ4v) is 4.75. The number of rotatable bonds is 5. The van der Waals surface area contributed by atoms with E-state index < -0.39 is 18.0 Å². The Balaban J connectivity index is 1.53. The van der Waals surface area contributed by atoms with E-state index >= 15 is 0 Å². The van der Waals surface area contributed by atoms with Gasteiger partial charge in [0.15, 0.2) is 0 Å². The lowest BCUT2D eigenvalue weighted by molar-refractivity contribution is -0.133. The van der Waals surface area contributed by atoms with Crippen LogP contribution in [0.5, 0.6) is 5.75 Å². The third-order valence-electron chi connectivity index (χ3n) is 5.90. The molecule has 2 saturated heterocycles. The number of ether oxygens (including phenoxy) is 1. The highest BCUT2D eigenvalue weighted by molar-refractivity contribution is 7.12. The van der Waals surface area contributed by atoms with E-state index in [1.165, 1.54) is 16.2 Å². The van der Waals surface area contributed by atoms with Gasteiger partial charge in [-0.25, -0.2) is 0 Å². The topological polar surface area (TPSA) is 108 Å². The molecular formula is C23H26N4O5S. The number of methoxy groups -OCH3 is 1. The molecule has 9 nitrogen and oxygen atoms in total. The Morgan fingerprint density at radius 1 is 1.12 bits per heavy atom. The standard InChI is InChI=1S/C23H26N4O5S/c1-32-16-8-6-15(7-9-16)22(30)26-11-12-27(23(31)19-5-3-13-33-19)18(14-26)21(29)25-17-4-2-10-24-20(17)28/h3,5-9,13,17-18H,2,4,10-12,14H2,1H3,(H,24,28)(H,25,29)/t17-,18+/m0/s1. The van der Waals surface area contributed by atoms with Gasteiger partial charge in [-0.1, -0.05) is 6.07 Å². The summed E-state index contributed by atoms with van der Waals surface area (Å²) in [4.78, 5) is 55.2. The number of nitrogens with zero attached hydrogens (tertiary/aromatic N) is 2. The fourth-order valence-electron chi connectivity index (χ4n) is 4.07. The molecule has 174 valence electrons. The lowest BCUT2D eigenvalue weighted by Gasteiger charge is -2.41. The van der Waals surface area contributed by atoms with Crippen LogP contribution in [-0.4, -0.2) is 78.8 Å². The minimum absolute atomic E-state index is 0.0438. The number of thiophene rings is 1. The van der Waals surface area contributed by atoms with Gasteiger partial charge in [0.25, 0.3) is 11.8 Å². The molecule has 1 aromatic carbocycles. The lowest BCUT2D eigenvalue weighted by atomic mass is 10.0. The number of amides is 4. The SMILES string of the molecule is COc1ccc(C(=O)N2CCN(C(=O)c3cccs3)[C@@H](C(=O)N[C@H]3CCCNC3=O)C2)cc1. The van der Waals surface area contributed by atoms with Crippen LogP contribution in [0.3, 0.4) is 0 Å². The average Bonchev–Trinajstić information content (AvgIpc) is 3.39. The largest absolute Gasteiger partial charge is 0.497 e. The van der Waals surface area contributed by atoms with Crippen molar-refractivity contribution >= 4 is 35.0 Å². The lowest BCUT2D eigenvalue weighted by Crippen LogP contribution is -2.63. The second-order valence-corrected chi connectivity index (χ2v) is 8.91. The van der Waals surface area contributed by atoms with Crippen LogP contribution in [-0.2, 0) is 9.59 Å². The van der Waals surface area contributed by atoms with Crippen LogP contribution in [0.4, 0.5) is 0 Å². The van der Waals surface area contributed by atoms with Crippen LogP contribution in [0.25, 0.3) is 0 Å². The highest BCUT2D eigenvalue weighted by atomic mass is 32.1. The van der Waals surface area contributed by atoms with Gasteiger partial charge in [-0.05, 0) is 48.6 Å². The van der Waals surface area contributed by atoms with Gasteiger partial charge < -0.3 is 25.2 Å². The summed E-state index contributed by atoms with van der Waals surface area (Å²) in [5.41, 5.74) is 0.472. The molecule has 4 amide bonds. The van der Waals surface area contributed by atoms with Crippen molar-refractivity contribution in [2.75, 3.05) is 33.3 Å². The van der Waals surface area contributed by atoms with Crippen LogP contribution < -0.4 is 15.4 Å². The first kappa shape index (κ1) is 22.8. The van der Waals surface area contributed by atoms with E-state index in [1.807, 2.05) is 0 Å². The van der Waals surface area contributed by atoms with Gasteiger partial charge in [-0.15, -0.1) is 11.3 Å². The van der Waals surface area contributed by atoms with Crippen molar-refractivity contribution in [2.24, 2.45) is 0 Å². The molecule has 0 bridgehead atoms. The van der Waals surface area contributed by atoms with Crippen LogP contribution in [0.2, 0.25) is 0 Å². The molecule has 33 heavy (non-hydrogen) atoms. The summed E-state index contributed by atoms with van der Waals surface area (Å²) < 4.78 is 5.15. The molecule has 2 N–H and O–H groups in total. The summed E-state index contributed by atoms with van der Waals surface area (Å²) in [5, 5.41) is 7.34. The molecule has 2 atom stereocenters. The summed E-state index contributed by atoms with van der Waals surface area (Å²) in [5.74, 6) is -0.508. The number of carbonyl (C=O) groups is 4. The third kappa shape index (κ3) is 5.00. The summed E-state index contributed by atoms with van der Waals surface area (Å²) in [6, 6.07) is 8.71. The molecule has 2 aromatic rings. The highest BCUT2D eigenvalue weighted by Gasteiger charge is 2.39. The molecule has 0 spiro atoms. The fraction of sp³-hybridized carbons (Fsp3) is 0.391. The first-order chi connectivity index (χ1) is 16.0. The number of hydrogen-bond acceptors (Lipinski definition) is 6. The number of piperazine rings is 1. The maximum atomic E-state index is 13.2. The molecule has 2 aliphatic heterocycles. The van der Waals surface area contributed by atoms with Crippen LogP contribution in [0.1, 0.15) is 32.9 Å². The molecule has 4 rings (SSSR count). The Morgan fingerprint density at radius 3 is 2.58 bits per heavy atom. The monoisotopic (exact) mass is 470 g/mol. The van der Waals surface area contributed by atoms with Gasteiger partial charge in [0.05, 0.1) is 18.5 Å². The molecule has 10 heteroatoms. The van der Waals surface area contributed by atoms with Crippen LogP contribution in [0.15, 0.2) is 41.8 Å². The number of benzene rings is 1. The highest BCUT2D eigenvalue weighted by Crippen LogP contribution is 2.21. The normalized spacial score (nSPS) is 20.7. The zero-order chi connectivity index (χ0) is 23.4. The second kappa shape index (κ2) is 10.0. The Morgan fingerprint density at radius 2 is 1.91 bits per heavy atom. The summed E-state index contributed by atoms with van der Waals surface area (Å²) in [6.07, 6.45) is 1.30. The molecule has 0 unspecified atom stereocenters. The first-order valence-electron chi connectivity index (χ1n) is 10.8. The number of piperidine rings is 1. The molecule has 2 aliphatic rings. The molecule has 0 saturated carbocycles. The first-order valence-corrected chi connectivity index (χ1v) is 11.7. The molecule has 3 heterocycles. The van der Waals surface area contributed by atoms with Crippen molar-refractivity contribution in [2.45, 2.75) is 24.9 Å². The zero-order valence-electron chi connectivity index (χ0n) is 18.3. The van der Waals surface area contributed by atoms with E-state index in [0.717, 1.165) is 6.42 Å². The van der Waals surface area contributed by atoms with Crippen molar-refractivity contribution in [3.05, 3.63) is 52.2 Å². The molecule has 0 radical (unpaired) electrons. The van der Waals surface area contributed by atoms with E-state index in [0.29, 0.717) is 35.7 Å². The van der Waals surface area contributed by atoms with E-state index in [4.69, 9.17) is 4.74 Å². The summed E-state index contributed by atoms with van der Waals surface area (Å²) >= 11 is 1.30. The van der Waals surface area contributed by atoms with Crippen LogP contribution >= 0.6 is 11.3 Å². The number of hydrogen-bond donors (Lipinski definition) is 2. The smallest absolute Gasteiger partial charge is 0.264 e. The van der Waals surface area contributed by atoms with Crippen molar-refractivity contribution < 1.29 is 23.9 Å². The van der Waals surface area contributed by atoms with Crippen molar-refractivity contribution in [1.82, 2.24) is 20.4 Å². The minimum Gasteiger partial charge on any atom is -0.497 e. The van der Waals surface area contributed by atoms with E-state index in [1.54, 1.807) is 53.8 Å². The van der Waals surface area contributed by atoms with Crippen LogP contribution in [0, 0.1) is 0 Å².